The highest BCUT2D eigenvalue weighted by Gasteiger charge is 2.18. The van der Waals surface area contributed by atoms with E-state index in [2.05, 4.69) is 43.5 Å². The molecule has 0 bridgehead atoms. The van der Waals surface area contributed by atoms with Crippen molar-refractivity contribution in [2.75, 3.05) is 13.2 Å². The summed E-state index contributed by atoms with van der Waals surface area (Å²) < 4.78 is 5.44. The molecule has 0 aliphatic rings. The van der Waals surface area contributed by atoms with Gasteiger partial charge in [0.15, 0.2) is 0 Å². The van der Waals surface area contributed by atoms with Crippen molar-refractivity contribution in [3.63, 3.8) is 0 Å². The third-order valence-corrected chi connectivity index (χ3v) is 12.1. The standard InChI is InChI=1S/C55H103NO5/c1-3-5-7-9-11-13-15-17-19-21-23-25-27-31-35-39-43-47-53(58)52(51-57)56-54(59)48-44-40-36-32-29-30-34-38-42-46-50-61-55(60)49-45-41-37-33-28-26-24-22-20-18-16-14-12-10-8-6-4-2/h18,20,30,34,43,47,52-53,57-58H,3-17,19,21-29,31-33,35-42,44-46,48-51H2,1-2H3,(H,56,59)/b20-18-,34-30-,47-43+. The number of allylic oxidation sites excluding steroid dienone is 5. The molecule has 61 heavy (non-hydrogen) atoms. The minimum Gasteiger partial charge on any atom is -0.466 e. The van der Waals surface area contributed by atoms with E-state index in [1.54, 1.807) is 6.08 Å². The van der Waals surface area contributed by atoms with E-state index in [4.69, 9.17) is 4.74 Å². The number of hydrogen-bond acceptors (Lipinski definition) is 5. The minimum atomic E-state index is -0.867. The SMILES string of the molecule is CCCCCCCC/C=C\CCCCCCCCCC(=O)OCCCC/C=C\CCCCCCC(=O)NC(CO)C(O)/C=C/CCCCCCCCCCCCCCCCC. The van der Waals surface area contributed by atoms with E-state index in [9.17, 15) is 19.8 Å². The molecule has 1 amide bonds. The van der Waals surface area contributed by atoms with Crippen LogP contribution in [0.3, 0.4) is 0 Å². The lowest BCUT2D eigenvalue weighted by molar-refractivity contribution is -0.143. The summed E-state index contributed by atoms with van der Waals surface area (Å²) in [5.41, 5.74) is 0. The lowest BCUT2D eigenvalue weighted by atomic mass is 10.0. The summed E-state index contributed by atoms with van der Waals surface area (Å²) in [7, 11) is 0. The number of rotatable bonds is 49. The van der Waals surface area contributed by atoms with Crippen molar-refractivity contribution in [3.05, 3.63) is 36.5 Å². The second-order valence-electron chi connectivity index (χ2n) is 18.2. The number of hydrogen-bond donors (Lipinski definition) is 3. The number of carbonyl (C=O) groups is 2. The van der Waals surface area contributed by atoms with Crippen molar-refractivity contribution in [2.24, 2.45) is 0 Å². The van der Waals surface area contributed by atoms with Gasteiger partial charge in [0, 0.05) is 12.8 Å². The number of carbonyl (C=O) groups excluding carboxylic acids is 2. The molecule has 0 aliphatic carbocycles. The number of amides is 1. The molecular weight excluding hydrogens is 755 g/mol. The molecule has 3 N–H and O–H groups in total. The first-order valence-electron chi connectivity index (χ1n) is 26.8. The fourth-order valence-electron chi connectivity index (χ4n) is 7.97. The van der Waals surface area contributed by atoms with Gasteiger partial charge in [0.1, 0.15) is 0 Å². The van der Waals surface area contributed by atoms with E-state index in [1.807, 2.05) is 6.08 Å². The van der Waals surface area contributed by atoms with Crippen LogP contribution in [0.5, 0.6) is 0 Å². The van der Waals surface area contributed by atoms with Crippen LogP contribution in [-0.2, 0) is 14.3 Å². The zero-order valence-electron chi connectivity index (χ0n) is 40.6. The van der Waals surface area contributed by atoms with Crippen LogP contribution in [-0.4, -0.2) is 47.4 Å². The summed E-state index contributed by atoms with van der Waals surface area (Å²) in [5.74, 6) is -0.146. The molecule has 0 aliphatic heterocycles. The molecule has 6 heteroatoms. The van der Waals surface area contributed by atoms with Crippen molar-refractivity contribution in [3.8, 4) is 0 Å². The van der Waals surface area contributed by atoms with Crippen LogP contribution in [0.2, 0.25) is 0 Å². The van der Waals surface area contributed by atoms with Crippen LogP contribution in [0.1, 0.15) is 277 Å². The van der Waals surface area contributed by atoms with E-state index >= 15 is 0 Å². The van der Waals surface area contributed by atoms with Gasteiger partial charge in [0.2, 0.25) is 5.91 Å². The first kappa shape index (κ1) is 59.1. The monoisotopic (exact) mass is 858 g/mol. The highest BCUT2D eigenvalue weighted by atomic mass is 16.5. The fourth-order valence-corrected chi connectivity index (χ4v) is 7.97. The zero-order chi connectivity index (χ0) is 44.4. The normalized spacial score (nSPS) is 12.9. The predicted octanol–water partition coefficient (Wildman–Crippen LogP) is 16.1. The average molecular weight is 858 g/mol. The molecule has 2 atom stereocenters. The molecule has 2 unspecified atom stereocenters. The fraction of sp³-hybridized carbons (Fsp3) is 0.855. The lowest BCUT2D eigenvalue weighted by Crippen LogP contribution is -2.45. The topological polar surface area (TPSA) is 95.9 Å². The Morgan fingerprint density at radius 2 is 0.770 bits per heavy atom. The summed E-state index contributed by atoms with van der Waals surface area (Å²) in [6.45, 7) is 4.81. The maximum absolute atomic E-state index is 12.4. The van der Waals surface area contributed by atoms with E-state index in [-0.39, 0.29) is 18.5 Å². The van der Waals surface area contributed by atoms with Gasteiger partial charge in [-0.2, -0.15) is 0 Å². The predicted molar refractivity (Wildman–Crippen MR) is 264 cm³/mol. The molecule has 0 aromatic carbocycles. The molecule has 0 spiro atoms. The number of aliphatic hydroxyl groups is 2. The summed E-state index contributed by atoms with van der Waals surface area (Å²) in [4.78, 5) is 24.5. The van der Waals surface area contributed by atoms with Crippen molar-refractivity contribution in [2.45, 2.75) is 289 Å². The van der Waals surface area contributed by atoms with Crippen molar-refractivity contribution in [1.29, 1.82) is 0 Å². The van der Waals surface area contributed by atoms with Crippen LogP contribution < -0.4 is 5.32 Å². The Kier molecular flexibility index (Phi) is 49.1. The molecule has 0 aromatic heterocycles. The van der Waals surface area contributed by atoms with E-state index in [0.717, 1.165) is 77.0 Å². The van der Waals surface area contributed by atoms with Crippen molar-refractivity contribution >= 4 is 11.9 Å². The molecule has 0 aromatic rings. The number of aliphatic hydroxyl groups excluding tert-OH is 2. The Morgan fingerprint density at radius 1 is 0.443 bits per heavy atom. The van der Waals surface area contributed by atoms with Crippen LogP contribution in [0.4, 0.5) is 0 Å². The molecule has 0 rings (SSSR count). The molecule has 0 radical (unpaired) electrons. The maximum Gasteiger partial charge on any atom is 0.305 e. The van der Waals surface area contributed by atoms with Gasteiger partial charge in [-0.15, -0.1) is 0 Å². The third kappa shape index (κ3) is 47.4. The van der Waals surface area contributed by atoms with E-state index in [1.165, 1.54) is 173 Å². The van der Waals surface area contributed by atoms with Gasteiger partial charge in [0.05, 0.1) is 25.4 Å². The van der Waals surface area contributed by atoms with Crippen LogP contribution >= 0.6 is 0 Å². The summed E-state index contributed by atoms with van der Waals surface area (Å²) in [6.07, 6.45) is 61.5. The Hall–Kier alpha value is -1.92. The second-order valence-corrected chi connectivity index (χ2v) is 18.2. The first-order valence-corrected chi connectivity index (χ1v) is 26.8. The van der Waals surface area contributed by atoms with Crippen LogP contribution in [0.15, 0.2) is 36.5 Å². The van der Waals surface area contributed by atoms with Gasteiger partial charge in [-0.25, -0.2) is 0 Å². The Labute approximate surface area is 379 Å². The van der Waals surface area contributed by atoms with Gasteiger partial charge < -0.3 is 20.3 Å². The van der Waals surface area contributed by atoms with Gasteiger partial charge in [0.25, 0.3) is 0 Å². The summed E-state index contributed by atoms with van der Waals surface area (Å²) >= 11 is 0. The Bertz CT molecular complexity index is 993. The molecule has 0 saturated heterocycles. The maximum atomic E-state index is 12.4. The van der Waals surface area contributed by atoms with Gasteiger partial charge in [-0.05, 0) is 83.5 Å². The molecule has 6 nitrogen and oxygen atoms in total. The second kappa shape index (κ2) is 50.7. The Balaban J connectivity index is 3.56. The van der Waals surface area contributed by atoms with Gasteiger partial charge in [-0.3, -0.25) is 9.59 Å². The smallest absolute Gasteiger partial charge is 0.305 e. The molecule has 0 heterocycles. The number of ether oxygens (including phenoxy) is 1. The summed E-state index contributed by atoms with van der Waals surface area (Å²) in [5, 5.41) is 23.1. The average Bonchev–Trinajstić information content (AvgIpc) is 3.26. The van der Waals surface area contributed by atoms with Crippen molar-refractivity contribution < 1.29 is 24.5 Å². The highest BCUT2D eigenvalue weighted by Crippen LogP contribution is 2.15. The number of esters is 1. The molecule has 358 valence electrons. The van der Waals surface area contributed by atoms with Gasteiger partial charge in [-0.1, -0.05) is 217 Å². The zero-order valence-corrected chi connectivity index (χ0v) is 40.6. The molecule has 0 fully saturated rings. The quantitative estimate of drug-likeness (QED) is 0.0322. The number of unbranched alkanes of at least 4 members (excludes halogenated alkanes) is 34. The van der Waals surface area contributed by atoms with Crippen LogP contribution in [0.25, 0.3) is 0 Å². The largest absolute Gasteiger partial charge is 0.466 e. The highest BCUT2D eigenvalue weighted by molar-refractivity contribution is 5.76. The van der Waals surface area contributed by atoms with Crippen molar-refractivity contribution in [1.82, 2.24) is 5.32 Å². The lowest BCUT2D eigenvalue weighted by Gasteiger charge is -2.20. The van der Waals surface area contributed by atoms with E-state index < -0.39 is 12.1 Å². The Morgan fingerprint density at radius 3 is 1.16 bits per heavy atom. The van der Waals surface area contributed by atoms with E-state index in [0.29, 0.717) is 19.4 Å². The third-order valence-electron chi connectivity index (χ3n) is 12.1. The molecular formula is C55H103NO5. The van der Waals surface area contributed by atoms with Gasteiger partial charge >= 0.3 is 5.97 Å². The minimum absolute atomic E-state index is 0.0420. The summed E-state index contributed by atoms with van der Waals surface area (Å²) in [6, 6.07) is -0.654. The first-order chi connectivity index (χ1) is 30.0. The van der Waals surface area contributed by atoms with Crippen LogP contribution in [0, 0.1) is 0 Å². The molecule has 0 saturated carbocycles. The number of nitrogens with one attached hydrogen (secondary N) is 1.